The van der Waals surface area contributed by atoms with Crippen LogP contribution in [0, 0.1) is 0 Å². The summed E-state index contributed by atoms with van der Waals surface area (Å²) < 4.78 is 10.6. The van der Waals surface area contributed by atoms with Crippen molar-refractivity contribution in [2.45, 2.75) is 44.7 Å². The van der Waals surface area contributed by atoms with Gasteiger partial charge in [-0.3, -0.25) is 0 Å². The fourth-order valence-corrected chi connectivity index (χ4v) is 3.95. The molecule has 0 atom stereocenters. The van der Waals surface area contributed by atoms with Crippen molar-refractivity contribution in [1.29, 1.82) is 0 Å². The summed E-state index contributed by atoms with van der Waals surface area (Å²) in [5.74, 6) is 2.81. The third-order valence-corrected chi connectivity index (χ3v) is 5.70. The summed E-state index contributed by atoms with van der Waals surface area (Å²) in [7, 11) is 3.31. The average molecular weight is 435 g/mol. The van der Waals surface area contributed by atoms with Crippen LogP contribution < -0.4 is 25.4 Å². The van der Waals surface area contributed by atoms with Crippen LogP contribution in [0.5, 0.6) is 11.5 Å². The molecule has 0 amide bonds. The van der Waals surface area contributed by atoms with Gasteiger partial charge in [-0.1, -0.05) is 31.4 Å². The highest BCUT2D eigenvalue weighted by atomic mass is 16.5. The Balaban J connectivity index is 1.65. The molecular weight excluding hydrogens is 404 g/mol. The minimum absolute atomic E-state index is 0.196. The van der Waals surface area contributed by atoms with Crippen molar-refractivity contribution in [2.24, 2.45) is 0 Å². The van der Waals surface area contributed by atoms with E-state index in [-0.39, 0.29) is 5.95 Å². The van der Waals surface area contributed by atoms with E-state index in [1.54, 1.807) is 14.2 Å². The number of rotatable bonds is 8. The summed E-state index contributed by atoms with van der Waals surface area (Å²) >= 11 is 0. The lowest BCUT2D eigenvalue weighted by molar-refractivity contribution is 0.414. The zero-order valence-corrected chi connectivity index (χ0v) is 18.6. The topological polar surface area (TPSA) is 98.4 Å². The fraction of sp³-hybridized carbons (Fsp3) is 0.375. The molecule has 8 heteroatoms. The van der Waals surface area contributed by atoms with Crippen molar-refractivity contribution in [3.05, 3.63) is 54.1 Å². The lowest BCUT2D eigenvalue weighted by Gasteiger charge is -2.25. The predicted molar refractivity (Wildman–Crippen MR) is 127 cm³/mol. The molecule has 32 heavy (non-hydrogen) atoms. The molecule has 0 aliphatic heterocycles. The van der Waals surface area contributed by atoms with Gasteiger partial charge in [-0.25, -0.2) is 0 Å². The minimum atomic E-state index is 0.196. The Morgan fingerprint density at radius 1 is 0.875 bits per heavy atom. The SMILES string of the molecule is COc1ccc(CN(c2ccc(OC)cc2)c2nc(N)nc(NC3CCCCC3)n2)cc1. The van der Waals surface area contributed by atoms with Crippen molar-refractivity contribution >= 4 is 23.5 Å². The summed E-state index contributed by atoms with van der Waals surface area (Å²) in [6, 6.07) is 16.1. The van der Waals surface area contributed by atoms with Crippen LogP contribution >= 0.6 is 0 Å². The van der Waals surface area contributed by atoms with Gasteiger partial charge in [0.2, 0.25) is 17.8 Å². The van der Waals surface area contributed by atoms with Gasteiger partial charge in [-0.2, -0.15) is 15.0 Å². The molecule has 0 spiro atoms. The molecule has 1 aromatic heterocycles. The minimum Gasteiger partial charge on any atom is -0.497 e. The van der Waals surface area contributed by atoms with E-state index >= 15 is 0 Å². The monoisotopic (exact) mass is 434 g/mol. The van der Waals surface area contributed by atoms with Crippen LogP contribution in [-0.4, -0.2) is 35.2 Å². The first-order valence-electron chi connectivity index (χ1n) is 11.0. The first-order valence-corrected chi connectivity index (χ1v) is 11.0. The van der Waals surface area contributed by atoms with Gasteiger partial charge < -0.3 is 25.4 Å². The maximum Gasteiger partial charge on any atom is 0.236 e. The molecule has 0 unspecified atom stereocenters. The number of ether oxygens (including phenoxy) is 2. The van der Waals surface area contributed by atoms with Gasteiger partial charge in [-0.15, -0.1) is 0 Å². The summed E-state index contributed by atoms with van der Waals surface area (Å²) in [5.41, 5.74) is 8.10. The number of nitrogens with two attached hydrogens (primary N) is 1. The molecule has 1 saturated carbocycles. The van der Waals surface area contributed by atoms with Crippen LogP contribution in [-0.2, 0) is 6.54 Å². The molecule has 1 aliphatic rings. The Hall–Kier alpha value is -3.55. The molecule has 1 fully saturated rings. The van der Waals surface area contributed by atoms with Crippen molar-refractivity contribution in [2.75, 3.05) is 30.2 Å². The average Bonchev–Trinajstić information content (AvgIpc) is 2.83. The van der Waals surface area contributed by atoms with E-state index in [4.69, 9.17) is 20.2 Å². The van der Waals surface area contributed by atoms with Crippen LogP contribution in [0.15, 0.2) is 48.5 Å². The van der Waals surface area contributed by atoms with E-state index < -0.39 is 0 Å². The van der Waals surface area contributed by atoms with Gasteiger partial charge in [0.1, 0.15) is 11.5 Å². The number of methoxy groups -OCH3 is 2. The van der Waals surface area contributed by atoms with Gasteiger partial charge in [0, 0.05) is 11.7 Å². The first-order chi connectivity index (χ1) is 15.6. The summed E-state index contributed by atoms with van der Waals surface area (Å²) in [4.78, 5) is 15.6. The second-order valence-corrected chi connectivity index (χ2v) is 7.93. The van der Waals surface area contributed by atoms with Gasteiger partial charge in [0.25, 0.3) is 0 Å². The van der Waals surface area contributed by atoms with Gasteiger partial charge in [0.15, 0.2) is 0 Å². The number of aromatic nitrogens is 3. The number of nitrogens with one attached hydrogen (secondary N) is 1. The predicted octanol–water partition coefficient (Wildman–Crippen LogP) is 4.55. The Morgan fingerprint density at radius 3 is 2.12 bits per heavy atom. The van der Waals surface area contributed by atoms with Crippen LogP contribution in [0.3, 0.4) is 0 Å². The first kappa shape index (κ1) is 21.7. The van der Waals surface area contributed by atoms with Gasteiger partial charge in [0.05, 0.1) is 20.8 Å². The standard InChI is InChI=1S/C24H30N6O2/c1-31-20-12-8-17(9-13-20)16-30(19-10-14-21(32-2)15-11-19)24-28-22(25)27-23(29-24)26-18-6-4-3-5-7-18/h8-15,18H,3-7,16H2,1-2H3,(H3,25,26,27,28,29). The van der Waals surface area contributed by atoms with Crippen molar-refractivity contribution in [3.63, 3.8) is 0 Å². The molecule has 3 N–H and O–H groups in total. The second kappa shape index (κ2) is 10.2. The molecule has 1 heterocycles. The Bertz CT molecular complexity index is 1000. The molecule has 3 aromatic rings. The van der Waals surface area contributed by atoms with Crippen LogP contribution in [0.1, 0.15) is 37.7 Å². The van der Waals surface area contributed by atoms with Crippen molar-refractivity contribution in [3.8, 4) is 11.5 Å². The maximum absolute atomic E-state index is 6.09. The summed E-state index contributed by atoms with van der Waals surface area (Å²) in [5, 5.41) is 3.46. The van der Waals surface area contributed by atoms with Crippen molar-refractivity contribution in [1.82, 2.24) is 15.0 Å². The highest BCUT2D eigenvalue weighted by Crippen LogP contribution is 2.29. The third-order valence-electron chi connectivity index (χ3n) is 5.70. The lowest BCUT2D eigenvalue weighted by atomic mass is 9.96. The number of benzene rings is 2. The van der Waals surface area contributed by atoms with Crippen molar-refractivity contribution < 1.29 is 9.47 Å². The Labute approximate surface area is 188 Å². The number of nitrogens with zero attached hydrogens (tertiary/aromatic N) is 4. The molecule has 8 nitrogen and oxygen atoms in total. The highest BCUT2D eigenvalue weighted by molar-refractivity contribution is 5.60. The smallest absolute Gasteiger partial charge is 0.236 e. The molecule has 1 aliphatic carbocycles. The second-order valence-electron chi connectivity index (χ2n) is 7.93. The van der Waals surface area contributed by atoms with E-state index in [0.717, 1.165) is 35.6 Å². The Kier molecular flexibility index (Phi) is 6.89. The zero-order chi connectivity index (χ0) is 22.3. The fourth-order valence-electron chi connectivity index (χ4n) is 3.95. The molecule has 0 radical (unpaired) electrons. The summed E-state index contributed by atoms with van der Waals surface area (Å²) in [6.07, 6.45) is 5.97. The summed E-state index contributed by atoms with van der Waals surface area (Å²) in [6.45, 7) is 0.558. The number of nitrogen functional groups attached to an aromatic ring is 1. The normalized spacial score (nSPS) is 14.1. The number of anilines is 4. The van der Waals surface area contributed by atoms with E-state index in [2.05, 4.69) is 15.3 Å². The Morgan fingerprint density at radius 2 is 1.50 bits per heavy atom. The molecule has 168 valence electrons. The highest BCUT2D eigenvalue weighted by Gasteiger charge is 2.19. The zero-order valence-electron chi connectivity index (χ0n) is 18.6. The van der Waals surface area contributed by atoms with E-state index in [1.165, 1.54) is 19.3 Å². The van der Waals surface area contributed by atoms with Crippen LogP contribution in [0.2, 0.25) is 0 Å². The number of hydrogen-bond donors (Lipinski definition) is 2. The molecule has 2 aromatic carbocycles. The quantitative estimate of drug-likeness (QED) is 0.533. The van der Waals surface area contributed by atoms with Crippen LogP contribution in [0.4, 0.5) is 23.5 Å². The third kappa shape index (κ3) is 5.38. The van der Waals surface area contributed by atoms with Gasteiger partial charge in [-0.05, 0) is 54.8 Å². The van der Waals surface area contributed by atoms with Gasteiger partial charge >= 0.3 is 0 Å². The molecular formula is C24H30N6O2. The molecule has 0 saturated heterocycles. The maximum atomic E-state index is 6.09. The number of hydrogen-bond acceptors (Lipinski definition) is 8. The van der Waals surface area contributed by atoms with E-state index in [0.29, 0.717) is 24.5 Å². The lowest BCUT2D eigenvalue weighted by Crippen LogP contribution is -2.25. The molecule has 0 bridgehead atoms. The van der Waals surface area contributed by atoms with E-state index in [9.17, 15) is 0 Å². The van der Waals surface area contributed by atoms with E-state index in [1.807, 2.05) is 53.4 Å². The molecule has 4 rings (SSSR count). The van der Waals surface area contributed by atoms with Crippen LogP contribution in [0.25, 0.3) is 0 Å². The largest absolute Gasteiger partial charge is 0.497 e.